The van der Waals surface area contributed by atoms with Gasteiger partial charge in [0, 0.05) is 10.9 Å². The zero-order valence-electron chi connectivity index (χ0n) is 14.4. The number of nitrogens with one attached hydrogen (secondary N) is 1. The molecule has 0 radical (unpaired) electrons. The first-order valence-corrected chi connectivity index (χ1v) is 11.4. The third kappa shape index (κ3) is 4.56. The number of nitrogens with zero attached hydrogens (tertiary/aromatic N) is 3. The molecule has 4 aromatic rings. The molecule has 0 bridgehead atoms. The van der Waals surface area contributed by atoms with Crippen LogP contribution in [0.5, 0.6) is 0 Å². The Labute approximate surface area is 179 Å². The average molecular weight is 443 g/mol. The number of para-hydroxylation sites is 1. The molecule has 5 nitrogen and oxygen atoms in total. The average Bonchev–Trinajstić information content (AvgIpc) is 3.34. The van der Waals surface area contributed by atoms with Gasteiger partial charge in [0.1, 0.15) is 0 Å². The summed E-state index contributed by atoms with van der Waals surface area (Å²) in [5.74, 6) is 0.128. The molecule has 0 atom stereocenters. The van der Waals surface area contributed by atoms with Gasteiger partial charge in [0.05, 0.1) is 17.1 Å². The van der Waals surface area contributed by atoms with Gasteiger partial charge < -0.3 is 5.32 Å². The minimum atomic E-state index is -0.119. The molecular formula is C19H14N4OS4. The topological polar surface area (TPSA) is 59.8 Å². The second-order valence-corrected chi connectivity index (χ2v) is 9.33. The number of thioether (sulfide) groups is 1. The predicted octanol–water partition coefficient (Wildman–Crippen LogP) is 5.52. The van der Waals surface area contributed by atoms with Crippen molar-refractivity contribution in [1.82, 2.24) is 14.8 Å². The molecule has 2 heterocycles. The summed E-state index contributed by atoms with van der Waals surface area (Å²) < 4.78 is 3.13. The van der Waals surface area contributed by atoms with Crippen molar-refractivity contribution in [2.75, 3.05) is 11.1 Å². The molecule has 1 N–H and O–H groups in total. The number of amides is 1. The van der Waals surface area contributed by atoms with Crippen LogP contribution in [0.25, 0.3) is 16.9 Å². The third-order valence-electron chi connectivity index (χ3n) is 3.68. The fraction of sp³-hybridized carbons (Fsp3) is 0.0526. The van der Waals surface area contributed by atoms with E-state index in [1.54, 1.807) is 4.68 Å². The number of thiazole rings is 1. The lowest BCUT2D eigenvalue weighted by Crippen LogP contribution is -2.13. The molecule has 0 spiro atoms. The summed E-state index contributed by atoms with van der Waals surface area (Å²) in [5, 5.41) is 9.88. The van der Waals surface area contributed by atoms with Crippen LogP contribution in [0, 0.1) is 3.95 Å². The van der Waals surface area contributed by atoms with Crippen LogP contribution in [0.2, 0.25) is 0 Å². The Kier molecular flexibility index (Phi) is 5.96. The Hall–Kier alpha value is -2.33. The largest absolute Gasteiger partial charge is 0.301 e. The Bertz CT molecular complexity index is 1140. The third-order valence-corrected chi connectivity index (χ3v) is 6.80. The molecule has 2 aromatic carbocycles. The Morgan fingerprint density at radius 2 is 1.82 bits per heavy atom. The van der Waals surface area contributed by atoms with Crippen molar-refractivity contribution in [3.05, 3.63) is 70.0 Å². The summed E-state index contributed by atoms with van der Waals surface area (Å²) in [6.07, 6.45) is 0. The molecule has 1 amide bonds. The number of aromatic nitrogens is 3. The van der Waals surface area contributed by atoms with E-state index in [9.17, 15) is 4.79 Å². The van der Waals surface area contributed by atoms with Crippen molar-refractivity contribution in [3.63, 3.8) is 0 Å². The van der Waals surface area contributed by atoms with Gasteiger partial charge in [0.2, 0.25) is 5.91 Å². The standard InChI is InChI=1S/C19H14N4OS4/c24-16(21-17-20-15(11-26-17)13-7-3-1-4-8-13)12-27-18-22-23(19(25)28-18)14-9-5-2-6-10-14/h1-11H,12H2,(H,20,21,24). The normalized spacial score (nSPS) is 10.7. The quantitative estimate of drug-likeness (QED) is 0.315. The van der Waals surface area contributed by atoms with Crippen LogP contribution in [0.4, 0.5) is 5.13 Å². The lowest BCUT2D eigenvalue weighted by Gasteiger charge is -2.00. The van der Waals surface area contributed by atoms with E-state index in [0.717, 1.165) is 21.3 Å². The maximum Gasteiger partial charge on any atom is 0.236 e. The van der Waals surface area contributed by atoms with E-state index >= 15 is 0 Å². The van der Waals surface area contributed by atoms with E-state index in [1.165, 1.54) is 34.4 Å². The van der Waals surface area contributed by atoms with E-state index in [0.29, 0.717) is 9.09 Å². The highest BCUT2D eigenvalue weighted by molar-refractivity contribution is 8.01. The Morgan fingerprint density at radius 3 is 2.57 bits per heavy atom. The van der Waals surface area contributed by atoms with Gasteiger partial charge in [-0.2, -0.15) is 0 Å². The van der Waals surface area contributed by atoms with E-state index in [2.05, 4.69) is 15.4 Å². The molecule has 4 rings (SSSR count). The minimum absolute atomic E-state index is 0.119. The molecule has 0 saturated carbocycles. The van der Waals surface area contributed by atoms with Gasteiger partial charge in [0.15, 0.2) is 13.4 Å². The summed E-state index contributed by atoms with van der Waals surface area (Å²) >= 11 is 9.56. The van der Waals surface area contributed by atoms with Crippen molar-refractivity contribution >= 4 is 57.7 Å². The number of anilines is 1. The molecule has 28 heavy (non-hydrogen) atoms. The zero-order valence-corrected chi connectivity index (χ0v) is 17.7. The molecule has 0 aliphatic heterocycles. The SMILES string of the molecule is O=C(CSc1nn(-c2ccccc2)c(=S)s1)Nc1nc(-c2ccccc2)cs1. The van der Waals surface area contributed by atoms with Crippen LogP contribution in [-0.4, -0.2) is 26.4 Å². The summed E-state index contributed by atoms with van der Waals surface area (Å²) in [4.78, 5) is 16.7. The second kappa shape index (κ2) is 8.78. The minimum Gasteiger partial charge on any atom is -0.301 e. The monoisotopic (exact) mass is 442 g/mol. The first-order chi connectivity index (χ1) is 13.7. The van der Waals surface area contributed by atoms with Crippen LogP contribution >= 0.6 is 46.7 Å². The maximum atomic E-state index is 12.3. The number of benzene rings is 2. The zero-order chi connectivity index (χ0) is 19.3. The van der Waals surface area contributed by atoms with Gasteiger partial charge in [-0.3, -0.25) is 4.79 Å². The summed E-state index contributed by atoms with van der Waals surface area (Å²) in [5.41, 5.74) is 2.80. The van der Waals surface area contributed by atoms with Gasteiger partial charge in [-0.1, -0.05) is 71.6 Å². The van der Waals surface area contributed by atoms with Crippen molar-refractivity contribution in [2.24, 2.45) is 0 Å². The molecule has 140 valence electrons. The number of carbonyl (C=O) groups excluding carboxylic acids is 1. The van der Waals surface area contributed by atoms with E-state index in [1.807, 2.05) is 66.0 Å². The van der Waals surface area contributed by atoms with E-state index in [-0.39, 0.29) is 11.7 Å². The summed E-state index contributed by atoms with van der Waals surface area (Å²) in [6, 6.07) is 19.6. The highest BCUT2D eigenvalue weighted by Gasteiger charge is 2.11. The second-order valence-electron chi connectivity index (χ2n) is 5.62. The number of hydrogen-bond donors (Lipinski definition) is 1. The van der Waals surface area contributed by atoms with E-state index < -0.39 is 0 Å². The fourth-order valence-electron chi connectivity index (χ4n) is 2.41. The van der Waals surface area contributed by atoms with Crippen molar-refractivity contribution in [2.45, 2.75) is 4.34 Å². The smallest absolute Gasteiger partial charge is 0.236 e. The molecule has 2 aromatic heterocycles. The lowest BCUT2D eigenvalue weighted by atomic mass is 10.2. The van der Waals surface area contributed by atoms with Gasteiger partial charge >= 0.3 is 0 Å². The highest BCUT2D eigenvalue weighted by atomic mass is 32.2. The molecule has 0 unspecified atom stereocenters. The van der Waals surface area contributed by atoms with Crippen LogP contribution in [0.3, 0.4) is 0 Å². The number of carbonyl (C=O) groups is 1. The number of hydrogen-bond acceptors (Lipinski definition) is 7. The Morgan fingerprint density at radius 1 is 1.11 bits per heavy atom. The van der Waals surface area contributed by atoms with Crippen molar-refractivity contribution < 1.29 is 4.79 Å². The maximum absolute atomic E-state index is 12.3. The first-order valence-electron chi connectivity index (χ1n) is 8.28. The summed E-state index contributed by atoms with van der Waals surface area (Å²) in [7, 11) is 0. The highest BCUT2D eigenvalue weighted by Crippen LogP contribution is 2.26. The van der Waals surface area contributed by atoms with Crippen LogP contribution in [-0.2, 0) is 4.79 Å². The lowest BCUT2D eigenvalue weighted by molar-refractivity contribution is -0.113. The van der Waals surface area contributed by atoms with Gasteiger partial charge in [0.25, 0.3) is 0 Å². The molecule has 9 heteroatoms. The molecule has 0 aliphatic rings. The Balaban J connectivity index is 1.37. The van der Waals surface area contributed by atoms with Crippen molar-refractivity contribution in [1.29, 1.82) is 0 Å². The molecule has 0 saturated heterocycles. The van der Waals surface area contributed by atoms with Crippen LogP contribution < -0.4 is 5.32 Å². The first kappa shape index (κ1) is 19.0. The van der Waals surface area contributed by atoms with Gasteiger partial charge in [-0.05, 0) is 24.4 Å². The number of rotatable bonds is 6. The molecule has 0 aliphatic carbocycles. The van der Waals surface area contributed by atoms with Crippen LogP contribution in [0.15, 0.2) is 70.4 Å². The van der Waals surface area contributed by atoms with E-state index in [4.69, 9.17) is 12.2 Å². The predicted molar refractivity (Wildman–Crippen MR) is 119 cm³/mol. The van der Waals surface area contributed by atoms with Gasteiger partial charge in [-0.25, -0.2) is 9.67 Å². The molecule has 0 fully saturated rings. The molecular weight excluding hydrogens is 429 g/mol. The summed E-state index contributed by atoms with van der Waals surface area (Å²) in [6.45, 7) is 0. The van der Waals surface area contributed by atoms with Crippen molar-refractivity contribution in [3.8, 4) is 16.9 Å². The van der Waals surface area contributed by atoms with Crippen LogP contribution in [0.1, 0.15) is 0 Å². The fourth-order valence-corrected chi connectivity index (χ4v) is 5.30. The van der Waals surface area contributed by atoms with Gasteiger partial charge in [-0.15, -0.1) is 16.4 Å².